The Morgan fingerprint density at radius 3 is 2.25 bits per heavy atom. The maximum absolute atomic E-state index is 12.4. The topological polar surface area (TPSA) is 80.2 Å². The Morgan fingerprint density at radius 2 is 1.50 bits per heavy atom. The first-order chi connectivity index (χ1) is 11.6. The van der Waals surface area contributed by atoms with Gasteiger partial charge < -0.3 is 4.57 Å². The largest absolute Gasteiger partial charge is 0.311 e. The predicted octanol–water partition coefficient (Wildman–Crippen LogP) is 1.61. The van der Waals surface area contributed by atoms with E-state index in [0.29, 0.717) is 16.5 Å². The molecule has 0 unspecified atom stereocenters. The number of hydrogen-bond acceptors (Lipinski definition) is 3. The van der Waals surface area contributed by atoms with Gasteiger partial charge in [0, 0.05) is 24.1 Å². The first-order valence-electron chi connectivity index (χ1n) is 7.32. The lowest BCUT2D eigenvalue weighted by atomic mass is 10.1. The third kappa shape index (κ3) is 2.89. The van der Waals surface area contributed by atoms with Crippen LogP contribution in [0.25, 0.3) is 10.9 Å². The van der Waals surface area contributed by atoms with Crippen molar-refractivity contribution in [3.63, 3.8) is 0 Å². The number of hydrogen-bond donors (Lipinski definition) is 2. The van der Waals surface area contributed by atoms with E-state index in [2.05, 4.69) is 10.9 Å². The zero-order valence-corrected chi connectivity index (χ0v) is 12.9. The second-order valence-corrected chi connectivity index (χ2v) is 5.25. The molecule has 0 fully saturated rings. The molecule has 0 bridgehead atoms. The van der Waals surface area contributed by atoms with Gasteiger partial charge in [-0.25, -0.2) is 0 Å². The molecule has 0 radical (unpaired) electrons. The summed E-state index contributed by atoms with van der Waals surface area (Å²) in [5.41, 5.74) is 5.68. The molecule has 24 heavy (non-hydrogen) atoms. The molecule has 0 aliphatic heterocycles. The highest BCUT2D eigenvalue weighted by atomic mass is 16.2. The number of rotatable bonds is 2. The lowest BCUT2D eigenvalue weighted by Gasteiger charge is -2.11. The van der Waals surface area contributed by atoms with Crippen molar-refractivity contribution >= 4 is 22.7 Å². The average molecular weight is 321 g/mol. The fourth-order valence-electron chi connectivity index (χ4n) is 2.44. The molecule has 1 heterocycles. The van der Waals surface area contributed by atoms with Crippen LogP contribution in [0.5, 0.6) is 0 Å². The number of pyridine rings is 1. The standard InChI is InChI=1S/C18H15N3O3/c1-21-15-10-6-5-9-13(15)14(11-16(21)22)18(24)20-19-17(23)12-7-3-2-4-8-12/h2-11H,1H3,(H,19,23)(H,20,24). The van der Waals surface area contributed by atoms with E-state index in [9.17, 15) is 14.4 Å². The molecule has 6 nitrogen and oxygen atoms in total. The molecular formula is C18H15N3O3. The zero-order valence-electron chi connectivity index (χ0n) is 12.9. The number of aromatic nitrogens is 1. The van der Waals surface area contributed by atoms with Gasteiger partial charge in [0.2, 0.25) is 0 Å². The number of fused-ring (bicyclic) bond motifs is 1. The van der Waals surface area contributed by atoms with E-state index in [-0.39, 0.29) is 11.1 Å². The minimum atomic E-state index is -0.548. The Balaban J connectivity index is 1.86. The summed E-state index contributed by atoms with van der Waals surface area (Å²) >= 11 is 0. The van der Waals surface area contributed by atoms with Gasteiger partial charge in [-0.15, -0.1) is 0 Å². The van der Waals surface area contributed by atoms with Gasteiger partial charge >= 0.3 is 0 Å². The van der Waals surface area contributed by atoms with Gasteiger partial charge in [0.1, 0.15) is 0 Å². The lowest BCUT2D eigenvalue weighted by Crippen LogP contribution is -2.42. The minimum absolute atomic E-state index is 0.210. The lowest BCUT2D eigenvalue weighted by molar-refractivity contribution is 0.0847. The van der Waals surface area contributed by atoms with Gasteiger partial charge in [-0.05, 0) is 18.2 Å². The van der Waals surface area contributed by atoms with Crippen molar-refractivity contribution in [2.75, 3.05) is 0 Å². The summed E-state index contributed by atoms with van der Waals surface area (Å²) in [5, 5.41) is 0.631. The summed E-state index contributed by atoms with van der Waals surface area (Å²) in [6, 6.07) is 16.9. The molecule has 0 aliphatic carbocycles. The molecule has 2 amide bonds. The second kappa shape index (κ2) is 6.37. The maximum Gasteiger partial charge on any atom is 0.270 e. The van der Waals surface area contributed by atoms with E-state index in [0.717, 1.165) is 0 Å². The van der Waals surface area contributed by atoms with Gasteiger partial charge in [0.15, 0.2) is 0 Å². The van der Waals surface area contributed by atoms with Crippen molar-refractivity contribution in [2.24, 2.45) is 7.05 Å². The van der Waals surface area contributed by atoms with Crippen LogP contribution in [-0.4, -0.2) is 16.4 Å². The van der Waals surface area contributed by atoms with Crippen LogP contribution in [-0.2, 0) is 7.05 Å². The number of para-hydroxylation sites is 1. The Morgan fingerprint density at radius 1 is 0.875 bits per heavy atom. The van der Waals surface area contributed by atoms with E-state index >= 15 is 0 Å². The van der Waals surface area contributed by atoms with E-state index in [1.807, 2.05) is 0 Å². The molecule has 1 aromatic heterocycles. The summed E-state index contributed by atoms with van der Waals surface area (Å²) in [5.74, 6) is -0.981. The summed E-state index contributed by atoms with van der Waals surface area (Å²) in [6.07, 6.45) is 0. The van der Waals surface area contributed by atoms with Crippen molar-refractivity contribution in [3.05, 3.63) is 82.1 Å². The van der Waals surface area contributed by atoms with Crippen LogP contribution in [0.15, 0.2) is 65.5 Å². The Bertz CT molecular complexity index is 978. The van der Waals surface area contributed by atoms with E-state index < -0.39 is 11.8 Å². The molecule has 2 aromatic carbocycles. The number of nitrogens with zero attached hydrogens (tertiary/aromatic N) is 1. The quantitative estimate of drug-likeness (QED) is 0.704. The molecule has 120 valence electrons. The van der Waals surface area contributed by atoms with Crippen molar-refractivity contribution in [1.29, 1.82) is 0 Å². The van der Waals surface area contributed by atoms with Crippen LogP contribution < -0.4 is 16.4 Å². The number of aryl methyl sites for hydroxylation is 1. The van der Waals surface area contributed by atoms with Crippen molar-refractivity contribution in [1.82, 2.24) is 15.4 Å². The summed E-state index contributed by atoms with van der Waals surface area (Å²) < 4.78 is 1.47. The third-order valence-electron chi connectivity index (χ3n) is 3.72. The highest BCUT2D eigenvalue weighted by Crippen LogP contribution is 2.15. The minimum Gasteiger partial charge on any atom is -0.311 e. The summed E-state index contributed by atoms with van der Waals surface area (Å²) in [6.45, 7) is 0. The summed E-state index contributed by atoms with van der Waals surface area (Å²) in [7, 11) is 1.64. The Hall–Kier alpha value is -3.41. The van der Waals surface area contributed by atoms with Crippen LogP contribution in [0.3, 0.4) is 0 Å². The van der Waals surface area contributed by atoms with Crippen LogP contribution >= 0.6 is 0 Å². The molecule has 3 aromatic rings. The molecular weight excluding hydrogens is 306 g/mol. The van der Waals surface area contributed by atoms with E-state index in [4.69, 9.17) is 0 Å². The number of nitrogens with one attached hydrogen (secondary N) is 2. The predicted molar refractivity (Wildman–Crippen MR) is 90.6 cm³/mol. The number of benzene rings is 2. The highest BCUT2D eigenvalue weighted by molar-refractivity contribution is 6.07. The van der Waals surface area contributed by atoms with Gasteiger partial charge in [0.25, 0.3) is 17.4 Å². The SMILES string of the molecule is Cn1c(=O)cc(C(=O)NNC(=O)c2ccccc2)c2ccccc21. The first kappa shape index (κ1) is 15.5. The number of amides is 2. The van der Waals surface area contributed by atoms with Crippen LogP contribution in [0.4, 0.5) is 0 Å². The summed E-state index contributed by atoms with van der Waals surface area (Å²) in [4.78, 5) is 36.4. The zero-order chi connectivity index (χ0) is 17.1. The normalized spacial score (nSPS) is 10.4. The van der Waals surface area contributed by atoms with E-state index in [1.165, 1.54) is 10.6 Å². The monoisotopic (exact) mass is 321 g/mol. The van der Waals surface area contributed by atoms with Gasteiger partial charge in [-0.1, -0.05) is 36.4 Å². The second-order valence-electron chi connectivity index (χ2n) is 5.25. The Labute approximate surface area is 137 Å². The van der Waals surface area contributed by atoms with Crippen LogP contribution in [0.1, 0.15) is 20.7 Å². The van der Waals surface area contributed by atoms with Crippen molar-refractivity contribution in [3.8, 4) is 0 Å². The fraction of sp³-hybridized carbons (Fsp3) is 0.0556. The first-order valence-corrected chi connectivity index (χ1v) is 7.32. The molecule has 6 heteroatoms. The maximum atomic E-state index is 12.4. The fourth-order valence-corrected chi connectivity index (χ4v) is 2.44. The Kier molecular flexibility index (Phi) is 4.11. The van der Waals surface area contributed by atoms with Gasteiger partial charge in [0.05, 0.1) is 11.1 Å². The average Bonchev–Trinajstić information content (AvgIpc) is 2.63. The molecule has 3 rings (SSSR count). The van der Waals surface area contributed by atoms with Crippen LogP contribution in [0, 0.1) is 0 Å². The molecule has 0 aliphatic rings. The van der Waals surface area contributed by atoms with E-state index in [1.54, 1.807) is 61.6 Å². The number of carbonyl (C=O) groups excluding carboxylic acids is 2. The van der Waals surface area contributed by atoms with Crippen molar-refractivity contribution in [2.45, 2.75) is 0 Å². The third-order valence-corrected chi connectivity index (χ3v) is 3.72. The highest BCUT2D eigenvalue weighted by Gasteiger charge is 2.14. The molecule has 0 atom stereocenters. The molecule has 0 saturated carbocycles. The number of hydrazine groups is 1. The van der Waals surface area contributed by atoms with Gasteiger partial charge in [-0.3, -0.25) is 25.2 Å². The van der Waals surface area contributed by atoms with Gasteiger partial charge in [-0.2, -0.15) is 0 Å². The van der Waals surface area contributed by atoms with Crippen LogP contribution in [0.2, 0.25) is 0 Å². The molecule has 0 saturated heterocycles. The number of carbonyl (C=O) groups is 2. The van der Waals surface area contributed by atoms with Crippen molar-refractivity contribution < 1.29 is 9.59 Å². The smallest absolute Gasteiger partial charge is 0.270 e. The molecule has 0 spiro atoms. The molecule has 2 N–H and O–H groups in total.